The average molecular weight is 308 g/mol. The first kappa shape index (κ1) is 18.8. The zero-order valence-corrected chi connectivity index (χ0v) is 14.9. The van der Waals surface area contributed by atoms with Gasteiger partial charge in [0.1, 0.15) is 11.4 Å². The molecule has 22 heavy (non-hydrogen) atoms. The minimum atomic E-state index is -0.348. The van der Waals surface area contributed by atoms with E-state index < -0.39 is 0 Å². The molecule has 0 radical (unpaired) electrons. The molecular formula is C19H32O3. The van der Waals surface area contributed by atoms with Gasteiger partial charge in [0.15, 0.2) is 0 Å². The largest absolute Gasteiger partial charge is 0.483 e. The Morgan fingerprint density at radius 3 is 2.59 bits per heavy atom. The molecule has 0 unspecified atom stereocenters. The predicted octanol–water partition coefficient (Wildman–Crippen LogP) is 5.17. The number of allylic oxidation sites excluding steroid dienone is 1. The van der Waals surface area contributed by atoms with Crippen LogP contribution in [-0.2, 0) is 14.3 Å². The lowest BCUT2D eigenvalue weighted by Crippen LogP contribution is -2.29. The van der Waals surface area contributed by atoms with E-state index in [1.807, 2.05) is 0 Å². The first-order valence-corrected chi connectivity index (χ1v) is 8.74. The molecular weight excluding hydrogens is 276 g/mol. The molecule has 0 aromatic rings. The van der Waals surface area contributed by atoms with E-state index in [1.165, 1.54) is 38.9 Å². The van der Waals surface area contributed by atoms with Crippen molar-refractivity contribution in [3.05, 3.63) is 23.5 Å². The number of unbranched alkanes of at least 4 members (excludes halogenated alkanes) is 1. The summed E-state index contributed by atoms with van der Waals surface area (Å²) in [7, 11) is 1.40. The molecule has 126 valence electrons. The van der Waals surface area contributed by atoms with Gasteiger partial charge in [0, 0.05) is 0 Å². The second-order valence-corrected chi connectivity index (χ2v) is 6.20. The third kappa shape index (κ3) is 4.89. The van der Waals surface area contributed by atoms with E-state index in [0.29, 0.717) is 11.7 Å². The van der Waals surface area contributed by atoms with Crippen LogP contribution >= 0.6 is 0 Å². The lowest BCUT2D eigenvalue weighted by atomic mass is 9.84. The molecule has 3 heteroatoms. The summed E-state index contributed by atoms with van der Waals surface area (Å²) in [5.74, 6) is 1.02. The van der Waals surface area contributed by atoms with Gasteiger partial charge in [-0.1, -0.05) is 53.4 Å². The van der Waals surface area contributed by atoms with Crippen molar-refractivity contribution in [3.8, 4) is 0 Å². The Morgan fingerprint density at radius 1 is 1.36 bits per heavy atom. The Labute approximate surface area is 135 Å². The van der Waals surface area contributed by atoms with Gasteiger partial charge >= 0.3 is 5.97 Å². The molecule has 1 heterocycles. The average Bonchev–Trinajstić information content (AvgIpc) is 2.89. The van der Waals surface area contributed by atoms with Gasteiger partial charge in [-0.15, -0.1) is 0 Å². The van der Waals surface area contributed by atoms with E-state index >= 15 is 0 Å². The smallest absolute Gasteiger partial charge is 0.334 e. The monoisotopic (exact) mass is 308 g/mol. The highest BCUT2D eigenvalue weighted by Gasteiger charge is 2.37. The van der Waals surface area contributed by atoms with Gasteiger partial charge in [0.25, 0.3) is 0 Å². The van der Waals surface area contributed by atoms with Crippen LogP contribution in [0.3, 0.4) is 0 Å². The van der Waals surface area contributed by atoms with Crippen LogP contribution in [0.5, 0.6) is 0 Å². The van der Waals surface area contributed by atoms with Crippen LogP contribution in [0.25, 0.3) is 0 Å². The molecule has 1 aliphatic heterocycles. The fourth-order valence-electron chi connectivity index (χ4n) is 3.12. The van der Waals surface area contributed by atoms with Crippen molar-refractivity contribution in [3.63, 3.8) is 0 Å². The number of ether oxygens (including phenoxy) is 2. The second kappa shape index (κ2) is 9.02. The maximum atomic E-state index is 11.5. The molecule has 0 amide bonds. The fourth-order valence-corrected chi connectivity index (χ4v) is 3.12. The van der Waals surface area contributed by atoms with Gasteiger partial charge in [-0.3, -0.25) is 0 Å². The van der Waals surface area contributed by atoms with Gasteiger partial charge in [0.05, 0.1) is 13.2 Å². The summed E-state index contributed by atoms with van der Waals surface area (Å²) in [6.07, 6.45) is 11.5. The first-order valence-electron chi connectivity index (χ1n) is 8.74. The number of esters is 1. The third-order valence-corrected chi connectivity index (χ3v) is 4.67. The van der Waals surface area contributed by atoms with Crippen LogP contribution in [0.4, 0.5) is 0 Å². The van der Waals surface area contributed by atoms with E-state index in [-0.39, 0.29) is 11.6 Å². The summed E-state index contributed by atoms with van der Waals surface area (Å²) in [5, 5.41) is 0. The summed E-state index contributed by atoms with van der Waals surface area (Å²) < 4.78 is 11.0. The zero-order valence-electron chi connectivity index (χ0n) is 14.9. The molecule has 0 fully saturated rings. The number of methoxy groups -OCH3 is 1. The number of carbonyl (C=O) groups is 1. The molecule has 1 aliphatic rings. The highest BCUT2D eigenvalue weighted by Crippen LogP contribution is 2.41. The Balaban J connectivity index is 2.92. The molecule has 0 aliphatic carbocycles. The molecule has 0 aromatic carbocycles. The zero-order chi connectivity index (χ0) is 16.6. The summed E-state index contributed by atoms with van der Waals surface area (Å²) in [4.78, 5) is 11.5. The maximum absolute atomic E-state index is 11.5. The Morgan fingerprint density at radius 2 is 2.09 bits per heavy atom. The predicted molar refractivity (Wildman–Crippen MR) is 90.5 cm³/mol. The second-order valence-electron chi connectivity index (χ2n) is 6.20. The van der Waals surface area contributed by atoms with Crippen molar-refractivity contribution in [1.82, 2.24) is 0 Å². The number of rotatable bonds is 9. The standard InChI is InChI=1S/C19H32O3/c1-6-10-11-15(7-2)13-19(9-4)14-16(8-3)17(22-19)12-18(20)21-5/h12,14-15H,6-11,13H2,1-5H3/t15-,19+/m0/s1. The summed E-state index contributed by atoms with van der Waals surface area (Å²) >= 11 is 0. The molecule has 0 aromatic heterocycles. The van der Waals surface area contributed by atoms with Crippen LogP contribution < -0.4 is 0 Å². The van der Waals surface area contributed by atoms with E-state index in [2.05, 4.69) is 33.8 Å². The van der Waals surface area contributed by atoms with Gasteiger partial charge in [-0.25, -0.2) is 4.79 Å². The van der Waals surface area contributed by atoms with Crippen molar-refractivity contribution in [2.45, 2.75) is 78.2 Å². The van der Waals surface area contributed by atoms with E-state index in [4.69, 9.17) is 9.47 Å². The first-order chi connectivity index (χ1) is 10.5. The molecule has 3 nitrogen and oxygen atoms in total. The number of carbonyl (C=O) groups excluding carboxylic acids is 1. The lowest BCUT2D eigenvalue weighted by Gasteiger charge is -2.30. The highest BCUT2D eigenvalue weighted by atomic mass is 16.5. The molecule has 2 atom stereocenters. The molecule has 0 bridgehead atoms. The van der Waals surface area contributed by atoms with E-state index in [9.17, 15) is 4.79 Å². The van der Waals surface area contributed by atoms with Crippen LogP contribution in [0.15, 0.2) is 23.5 Å². The highest BCUT2D eigenvalue weighted by molar-refractivity contribution is 5.83. The van der Waals surface area contributed by atoms with Crippen molar-refractivity contribution < 1.29 is 14.3 Å². The van der Waals surface area contributed by atoms with Crippen LogP contribution in [-0.4, -0.2) is 18.7 Å². The quantitative estimate of drug-likeness (QED) is 0.435. The van der Waals surface area contributed by atoms with Crippen molar-refractivity contribution >= 4 is 5.97 Å². The Kier molecular flexibility index (Phi) is 7.70. The van der Waals surface area contributed by atoms with Crippen LogP contribution in [0, 0.1) is 5.92 Å². The molecule has 0 saturated carbocycles. The molecule has 0 N–H and O–H groups in total. The van der Waals surface area contributed by atoms with Crippen LogP contribution in [0.1, 0.15) is 72.6 Å². The Hall–Kier alpha value is -1.25. The van der Waals surface area contributed by atoms with Crippen LogP contribution in [0.2, 0.25) is 0 Å². The minimum absolute atomic E-state index is 0.250. The minimum Gasteiger partial charge on any atom is -0.483 e. The van der Waals surface area contributed by atoms with E-state index in [0.717, 1.165) is 24.8 Å². The number of hydrogen-bond acceptors (Lipinski definition) is 3. The van der Waals surface area contributed by atoms with Crippen molar-refractivity contribution in [1.29, 1.82) is 0 Å². The molecule has 0 spiro atoms. The van der Waals surface area contributed by atoms with Crippen molar-refractivity contribution in [2.75, 3.05) is 7.11 Å². The topological polar surface area (TPSA) is 35.5 Å². The maximum Gasteiger partial charge on any atom is 0.334 e. The van der Waals surface area contributed by atoms with Gasteiger partial charge in [-0.05, 0) is 36.8 Å². The van der Waals surface area contributed by atoms with E-state index in [1.54, 1.807) is 0 Å². The number of hydrogen-bond donors (Lipinski definition) is 0. The SMILES string of the molecule is CCCC[C@H](CC)C[C@]1(CC)C=C(CC)C(=CC(=O)OC)O1. The Bertz CT molecular complexity index is 422. The summed E-state index contributed by atoms with van der Waals surface area (Å²) in [5.41, 5.74) is 0.872. The normalized spacial score (nSPS) is 24.0. The summed E-state index contributed by atoms with van der Waals surface area (Å²) in [6.45, 7) is 8.76. The molecule has 0 saturated heterocycles. The summed E-state index contributed by atoms with van der Waals surface area (Å²) in [6, 6.07) is 0. The van der Waals surface area contributed by atoms with Gasteiger partial charge in [-0.2, -0.15) is 0 Å². The third-order valence-electron chi connectivity index (χ3n) is 4.67. The fraction of sp³-hybridized carbons (Fsp3) is 0.737. The molecule has 1 rings (SSSR count). The van der Waals surface area contributed by atoms with Gasteiger partial charge < -0.3 is 9.47 Å². The lowest BCUT2D eigenvalue weighted by molar-refractivity contribution is -0.135. The van der Waals surface area contributed by atoms with Gasteiger partial charge in [0.2, 0.25) is 0 Å². The van der Waals surface area contributed by atoms with Crippen molar-refractivity contribution in [2.24, 2.45) is 5.92 Å².